The maximum absolute atomic E-state index is 11.7. The average molecular weight is 288 g/mol. The van der Waals surface area contributed by atoms with Gasteiger partial charge in [-0.2, -0.15) is 5.10 Å². The highest BCUT2D eigenvalue weighted by atomic mass is 16.2. The maximum atomic E-state index is 11.7. The van der Waals surface area contributed by atoms with E-state index < -0.39 is 5.91 Å². The minimum absolute atomic E-state index is 0.138. The molecule has 21 heavy (non-hydrogen) atoms. The van der Waals surface area contributed by atoms with Gasteiger partial charge in [-0.05, 0) is 25.8 Å². The molecule has 0 atom stereocenters. The monoisotopic (exact) mass is 288 g/mol. The molecule has 0 saturated heterocycles. The first kappa shape index (κ1) is 14.6. The Kier molecular flexibility index (Phi) is 4.60. The smallest absolute Gasteiger partial charge is 0.282 e. The van der Waals surface area contributed by atoms with E-state index in [2.05, 4.69) is 31.0 Å². The van der Waals surface area contributed by atoms with Crippen molar-refractivity contribution in [2.75, 3.05) is 0 Å². The molecule has 2 amide bonds. The Balaban J connectivity index is 1.79. The molecule has 0 aliphatic heterocycles. The summed E-state index contributed by atoms with van der Waals surface area (Å²) in [6, 6.07) is 0. The Morgan fingerprint density at radius 1 is 1.24 bits per heavy atom. The summed E-state index contributed by atoms with van der Waals surface area (Å²) >= 11 is 0. The molecule has 0 bridgehead atoms. The number of aryl methyl sites for hydroxylation is 2. The highest BCUT2D eigenvalue weighted by Gasteiger charge is 2.11. The van der Waals surface area contributed by atoms with Crippen LogP contribution in [0.3, 0.4) is 0 Å². The van der Waals surface area contributed by atoms with Crippen LogP contribution in [0, 0.1) is 13.8 Å². The minimum Gasteiger partial charge on any atom is -0.282 e. The van der Waals surface area contributed by atoms with Crippen LogP contribution in [0.1, 0.15) is 33.9 Å². The summed E-state index contributed by atoms with van der Waals surface area (Å²) in [5.74, 6) is -0.792. The number of rotatable bonds is 4. The third-order valence-electron chi connectivity index (χ3n) is 2.99. The molecular weight excluding hydrogens is 272 g/mol. The largest absolute Gasteiger partial charge is 0.289 e. The third-order valence-corrected chi connectivity index (χ3v) is 2.99. The summed E-state index contributed by atoms with van der Waals surface area (Å²) < 4.78 is 0. The number of amides is 2. The van der Waals surface area contributed by atoms with E-state index in [1.165, 1.54) is 18.6 Å². The van der Waals surface area contributed by atoms with Crippen LogP contribution in [0.5, 0.6) is 0 Å². The predicted molar refractivity (Wildman–Crippen MR) is 74.0 cm³/mol. The predicted octanol–water partition coefficient (Wildman–Crippen LogP) is 0.210. The van der Waals surface area contributed by atoms with Crippen LogP contribution < -0.4 is 10.9 Å². The fraction of sp³-hybridized carbons (Fsp3) is 0.308. The number of hydrogen-bond donors (Lipinski definition) is 3. The lowest BCUT2D eigenvalue weighted by Crippen LogP contribution is -2.42. The van der Waals surface area contributed by atoms with Gasteiger partial charge >= 0.3 is 0 Å². The van der Waals surface area contributed by atoms with Gasteiger partial charge in [0.2, 0.25) is 5.91 Å². The molecule has 0 unspecified atom stereocenters. The van der Waals surface area contributed by atoms with E-state index in [1.807, 2.05) is 13.8 Å². The number of H-pyrrole nitrogens is 1. The summed E-state index contributed by atoms with van der Waals surface area (Å²) in [6.07, 6.45) is 4.99. The van der Waals surface area contributed by atoms with Crippen molar-refractivity contribution in [3.05, 3.63) is 41.2 Å². The van der Waals surface area contributed by atoms with Gasteiger partial charge in [0, 0.05) is 24.5 Å². The number of nitrogens with zero attached hydrogens (tertiary/aromatic N) is 3. The second kappa shape index (κ2) is 6.60. The molecule has 0 fully saturated rings. The number of aromatic nitrogens is 4. The normalized spacial score (nSPS) is 10.2. The van der Waals surface area contributed by atoms with Crippen molar-refractivity contribution in [2.24, 2.45) is 0 Å². The van der Waals surface area contributed by atoms with E-state index in [0.717, 1.165) is 17.0 Å². The molecule has 3 N–H and O–H groups in total. The summed E-state index contributed by atoms with van der Waals surface area (Å²) in [6.45, 7) is 3.79. The fourth-order valence-electron chi connectivity index (χ4n) is 1.85. The van der Waals surface area contributed by atoms with Crippen molar-refractivity contribution in [3.63, 3.8) is 0 Å². The van der Waals surface area contributed by atoms with Gasteiger partial charge in [0.05, 0.1) is 11.9 Å². The second-order valence-corrected chi connectivity index (χ2v) is 4.51. The van der Waals surface area contributed by atoms with Crippen molar-refractivity contribution >= 4 is 11.8 Å². The molecule has 8 heteroatoms. The fourth-order valence-corrected chi connectivity index (χ4v) is 1.85. The number of aromatic amines is 1. The van der Waals surface area contributed by atoms with Crippen molar-refractivity contribution in [1.29, 1.82) is 0 Å². The summed E-state index contributed by atoms with van der Waals surface area (Å²) in [4.78, 5) is 31.0. The van der Waals surface area contributed by atoms with Crippen LogP contribution in [-0.4, -0.2) is 32.0 Å². The van der Waals surface area contributed by atoms with Gasteiger partial charge in [-0.15, -0.1) is 0 Å². The Bertz CT molecular complexity index is 618. The molecule has 0 spiro atoms. The van der Waals surface area contributed by atoms with Crippen LogP contribution >= 0.6 is 0 Å². The van der Waals surface area contributed by atoms with E-state index in [0.29, 0.717) is 6.42 Å². The van der Waals surface area contributed by atoms with E-state index in [4.69, 9.17) is 0 Å². The molecule has 0 aliphatic rings. The van der Waals surface area contributed by atoms with Crippen molar-refractivity contribution < 1.29 is 9.59 Å². The van der Waals surface area contributed by atoms with Gasteiger partial charge in [-0.1, -0.05) is 0 Å². The number of hydrogen-bond acceptors (Lipinski definition) is 5. The molecule has 0 radical (unpaired) electrons. The summed E-state index contributed by atoms with van der Waals surface area (Å²) in [5.41, 5.74) is 7.62. The molecule has 2 heterocycles. The topological polar surface area (TPSA) is 113 Å². The standard InChI is InChI=1S/C13H16N6O2/c1-8-10(9(2)17-16-8)3-4-12(20)18-19-13(21)11-7-14-5-6-15-11/h5-7H,3-4H2,1-2H3,(H,16,17)(H,18,20)(H,19,21). The lowest BCUT2D eigenvalue weighted by atomic mass is 10.1. The zero-order valence-corrected chi connectivity index (χ0v) is 11.8. The summed E-state index contributed by atoms with van der Waals surface area (Å²) in [7, 11) is 0. The first-order chi connectivity index (χ1) is 10.1. The first-order valence-electron chi connectivity index (χ1n) is 6.43. The zero-order chi connectivity index (χ0) is 15.2. The lowest BCUT2D eigenvalue weighted by Gasteiger charge is -2.06. The lowest BCUT2D eigenvalue weighted by molar-refractivity contribution is -0.121. The second-order valence-electron chi connectivity index (χ2n) is 4.51. The SMILES string of the molecule is Cc1n[nH]c(C)c1CCC(=O)NNC(=O)c1cnccn1. The highest BCUT2D eigenvalue weighted by molar-refractivity contribution is 5.93. The minimum atomic E-state index is -0.507. The molecule has 0 saturated carbocycles. The molecule has 2 aromatic heterocycles. The van der Waals surface area contributed by atoms with Crippen molar-refractivity contribution in [2.45, 2.75) is 26.7 Å². The Morgan fingerprint density at radius 3 is 2.67 bits per heavy atom. The average Bonchev–Trinajstić information content (AvgIpc) is 2.82. The zero-order valence-electron chi connectivity index (χ0n) is 11.8. The van der Waals surface area contributed by atoms with Gasteiger partial charge in [-0.3, -0.25) is 30.5 Å². The highest BCUT2D eigenvalue weighted by Crippen LogP contribution is 2.11. The molecule has 0 aliphatic carbocycles. The van der Waals surface area contributed by atoms with Gasteiger partial charge in [0.1, 0.15) is 5.69 Å². The number of hydrazine groups is 1. The molecule has 2 rings (SSSR count). The number of carbonyl (C=O) groups is 2. The van der Waals surface area contributed by atoms with E-state index in [-0.39, 0.29) is 18.0 Å². The molecule has 110 valence electrons. The molecule has 8 nitrogen and oxygen atoms in total. The van der Waals surface area contributed by atoms with Gasteiger partial charge < -0.3 is 0 Å². The van der Waals surface area contributed by atoms with Gasteiger partial charge in [-0.25, -0.2) is 4.98 Å². The number of nitrogens with one attached hydrogen (secondary N) is 3. The van der Waals surface area contributed by atoms with E-state index in [9.17, 15) is 9.59 Å². The Morgan fingerprint density at radius 2 is 2.05 bits per heavy atom. The van der Waals surface area contributed by atoms with Crippen LogP contribution in [0.4, 0.5) is 0 Å². The Labute approximate surface area is 121 Å². The van der Waals surface area contributed by atoms with Gasteiger partial charge in [0.15, 0.2) is 0 Å². The van der Waals surface area contributed by atoms with E-state index in [1.54, 1.807) is 0 Å². The third kappa shape index (κ3) is 3.85. The molecule has 0 aromatic carbocycles. The molecular formula is C13H16N6O2. The van der Waals surface area contributed by atoms with E-state index >= 15 is 0 Å². The first-order valence-corrected chi connectivity index (χ1v) is 6.43. The number of carbonyl (C=O) groups excluding carboxylic acids is 2. The maximum Gasteiger partial charge on any atom is 0.289 e. The van der Waals surface area contributed by atoms with Crippen LogP contribution in [0.2, 0.25) is 0 Å². The summed E-state index contributed by atoms with van der Waals surface area (Å²) in [5, 5.41) is 6.93. The van der Waals surface area contributed by atoms with Crippen LogP contribution in [0.25, 0.3) is 0 Å². The van der Waals surface area contributed by atoms with Crippen molar-refractivity contribution in [1.82, 2.24) is 31.0 Å². The Hall–Kier alpha value is -2.77. The van der Waals surface area contributed by atoms with Crippen LogP contribution in [0.15, 0.2) is 18.6 Å². The van der Waals surface area contributed by atoms with Gasteiger partial charge in [0.25, 0.3) is 5.91 Å². The molecule has 2 aromatic rings. The quantitative estimate of drug-likeness (QED) is 0.696. The van der Waals surface area contributed by atoms with Crippen LogP contribution in [-0.2, 0) is 11.2 Å². The van der Waals surface area contributed by atoms with Crippen molar-refractivity contribution in [3.8, 4) is 0 Å².